The first-order valence-corrected chi connectivity index (χ1v) is 11.0. The molecule has 21 heavy (non-hydrogen) atoms. The van der Waals surface area contributed by atoms with E-state index in [2.05, 4.69) is 25.6 Å². The molecule has 0 radical (unpaired) electrons. The van der Waals surface area contributed by atoms with Crippen molar-refractivity contribution in [2.24, 2.45) is 0 Å². The number of ether oxygens (including phenoxy) is 1. The van der Waals surface area contributed by atoms with Gasteiger partial charge in [-0.3, -0.25) is 0 Å². The highest BCUT2D eigenvalue weighted by Crippen LogP contribution is 2.28. The van der Waals surface area contributed by atoms with E-state index in [1.165, 1.54) is 12.8 Å². The second-order valence-corrected chi connectivity index (χ2v) is 10.1. The smallest absolute Gasteiger partial charge is 0.210 e. The quantitative estimate of drug-likeness (QED) is 0.374. The van der Waals surface area contributed by atoms with Crippen LogP contribution in [0.1, 0.15) is 50.7 Å². The Balaban J connectivity index is 2.78. The zero-order valence-electron chi connectivity index (χ0n) is 13.7. The molecule has 2 atom stereocenters. The standard InChI is InChI=1S/C18H30O2Si/c1-5-7-9-15-18(21(3,4)19)20-17(12-6-2)16-13-10-8-11-14-16/h6,8,10-11,13-14,17-19H,2,5,7,9,12,15H2,1,3-4H3/t17-,18+/m1/s1. The summed E-state index contributed by atoms with van der Waals surface area (Å²) in [4.78, 5) is 10.5. The number of unbranched alkanes of at least 4 members (excludes halogenated alkanes) is 2. The van der Waals surface area contributed by atoms with Crippen LogP contribution in [0.5, 0.6) is 0 Å². The zero-order valence-corrected chi connectivity index (χ0v) is 14.7. The number of benzene rings is 1. The molecule has 0 fully saturated rings. The third-order valence-electron chi connectivity index (χ3n) is 3.74. The predicted octanol–water partition coefficient (Wildman–Crippen LogP) is 5.01. The van der Waals surface area contributed by atoms with Gasteiger partial charge in [0.05, 0.1) is 11.8 Å². The van der Waals surface area contributed by atoms with Gasteiger partial charge in [0.1, 0.15) is 0 Å². The van der Waals surface area contributed by atoms with E-state index in [9.17, 15) is 4.80 Å². The lowest BCUT2D eigenvalue weighted by Gasteiger charge is -2.31. The maximum Gasteiger partial charge on any atom is 0.210 e. The van der Waals surface area contributed by atoms with Crippen molar-refractivity contribution in [3.63, 3.8) is 0 Å². The molecular formula is C18H30O2Si. The molecule has 2 nitrogen and oxygen atoms in total. The molecule has 1 aromatic carbocycles. The largest absolute Gasteiger partial charge is 0.430 e. The van der Waals surface area contributed by atoms with Gasteiger partial charge in [0.2, 0.25) is 8.32 Å². The van der Waals surface area contributed by atoms with Crippen LogP contribution in [-0.4, -0.2) is 18.8 Å². The van der Waals surface area contributed by atoms with Crippen molar-refractivity contribution >= 4 is 8.32 Å². The minimum atomic E-state index is -2.32. The van der Waals surface area contributed by atoms with Crippen LogP contribution in [0.4, 0.5) is 0 Å². The molecule has 0 amide bonds. The van der Waals surface area contributed by atoms with E-state index in [1.807, 2.05) is 37.4 Å². The Bertz CT molecular complexity index is 397. The van der Waals surface area contributed by atoms with Gasteiger partial charge in [0.15, 0.2) is 0 Å². The van der Waals surface area contributed by atoms with Gasteiger partial charge in [-0.2, -0.15) is 0 Å². The molecule has 0 bridgehead atoms. The Hall–Kier alpha value is -0.903. The first-order valence-electron chi connectivity index (χ1n) is 8.02. The Morgan fingerprint density at radius 3 is 2.43 bits per heavy atom. The Morgan fingerprint density at radius 2 is 1.90 bits per heavy atom. The number of hydrogen-bond donors (Lipinski definition) is 1. The SMILES string of the molecule is C=CC[C@@H](O[C@H](CCCCC)[Si](C)(C)O)c1ccccc1. The van der Waals surface area contributed by atoms with E-state index >= 15 is 0 Å². The zero-order chi connectivity index (χ0) is 15.7. The van der Waals surface area contributed by atoms with Gasteiger partial charge in [-0.1, -0.05) is 62.6 Å². The molecule has 0 saturated heterocycles. The molecule has 0 aromatic heterocycles. The minimum absolute atomic E-state index is 0.00532. The van der Waals surface area contributed by atoms with Crippen LogP contribution >= 0.6 is 0 Å². The van der Waals surface area contributed by atoms with Crippen molar-refractivity contribution in [3.8, 4) is 0 Å². The summed E-state index contributed by atoms with van der Waals surface area (Å²) in [6.07, 6.45) is 7.12. The van der Waals surface area contributed by atoms with E-state index < -0.39 is 8.32 Å². The first kappa shape index (κ1) is 18.1. The highest BCUT2D eigenvalue weighted by Gasteiger charge is 2.32. The highest BCUT2D eigenvalue weighted by atomic mass is 28.4. The molecule has 0 aliphatic carbocycles. The summed E-state index contributed by atoms with van der Waals surface area (Å²) in [6.45, 7) is 9.98. The maximum absolute atomic E-state index is 10.5. The predicted molar refractivity (Wildman–Crippen MR) is 92.7 cm³/mol. The molecule has 0 heterocycles. The minimum Gasteiger partial charge on any atom is -0.430 e. The maximum atomic E-state index is 10.5. The van der Waals surface area contributed by atoms with E-state index in [1.54, 1.807) is 0 Å². The molecule has 0 unspecified atom stereocenters. The summed E-state index contributed by atoms with van der Waals surface area (Å²) >= 11 is 0. The number of rotatable bonds is 10. The van der Waals surface area contributed by atoms with Crippen LogP contribution < -0.4 is 0 Å². The average molecular weight is 307 g/mol. The lowest BCUT2D eigenvalue weighted by molar-refractivity contribution is 0.0135. The van der Waals surface area contributed by atoms with E-state index in [4.69, 9.17) is 4.74 Å². The van der Waals surface area contributed by atoms with Crippen LogP contribution in [0.25, 0.3) is 0 Å². The van der Waals surface area contributed by atoms with Crippen molar-refractivity contribution in [2.45, 2.75) is 64.0 Å². The van der Waals surface area contributed by atoms with E-state index in [0.717, 1.165) is 24.8 Å². The molecule has 0 aliphatic rings. The lowest BCUT2D eigenvalue weighted by Crippen LogP contribution is -2.44. The summed E-state index contributed by atoms with van der Waals surface area (Å²) in [7, 11) is -2.32. The summed E-state index contributed by atoms with van der Waals surface area (Å²) in [6, 6.07) is 10.2. The molecule has 1 N–H and O–H groups in total. The van der Waals surface area contributed by atoms with Gasteiger partial charge >= 0.3 is 0 Å². The van der Waals surface area contributed by atoms with Crippen LogP contribution in [0.15, 0.2) is 43.0 Å². The van der Waals surface area contributed by atoms with Gasteiger partial charge in [-0.25, -0.2) is 0 Å². The molecule has 1 rings (SSSR count). The van der Waals surface area contributed by atoms with E-state index in [0.29, 0.717) is 0 Å². The average Bonchev–Trinajstić information content (AvgIpc) is 2.45. The van der Waals surface area contributed by atoms with Gasteiger partial charge in [0, 0.05) is 0 Å². The summed E-state index contributed by atoms with van der Waals surface area (Å²) in [5, 5.41) is 0. The molecule has 118 valence electrons. The Labute approximate surface area is 131 Å². The number of hydrogen-bond acceptors (Lipinski definition) is 2. The Kier molecular flexibility index (Phi) is 7.94. The van der Waals surface area contributed by atoms with E-state index in [-0.39, 0.29) is 11.8 Å². The summed E-state index contributed by atoms with van der Waals surface area (Å²) < 4.78 is 6.33. The van der Waals surface area contributed by atoms with Crippen LogP contribution in [0, 0.1) is 0 Å². The van der Waals surface area contributed by atoms with Crippen molar-refractivity contribution in [2.75, 3.05) is 0 Å². The van der Waals surface area contributed by atoms with Crippen LogP contribution in [-0.2, 0) is 4.74 Å². The molecule has 1 aromatic rings. The van der Waals surface area contributed by atoms with Crippen LogP contribution in [0.3, 0.4) is 0 Å². The van der Waals surface area contributed by atoms with Crippen molar-refractivity contribution in [1.82, 2.24) is 0 Å². The second kappa shape index (κ2) is 9.18. The highest BCUT2D eigenvalue weighted by molar-refractivity contribution is 6.71. The van der Waals surface area contributed by atoms with Crippen molar-refractivity contribution in [1.29, 1.82) is 0 Å². The topological polar surface area (TPSA) is 29.5 Å². The molecule has 3 heteroatoms. The fourth-order valence-electron chi connectivity index (χ4n) is 2.46. The van der Waals surface area contributed by atoms with Crippen LogP contribution in [0.2, 0.25) is 13.1 Å². The molecular weight excluding hydrogens is 276 g/mol. The third kappa shape index (κ3) is 6.59. The van der Waals surface area contributed by atoms with Gasteiger partial charge < -0.3 is 9.53 Å². The summed E-state index contributed by atoms with van der Waals surface area (Å²) in [5.41, 5.74) is 1.14. The van der Waals surface area contributed by atoms with Crippen molar-refractivity contribution in [3.05, 3.63) is 48.6 Å². The Morgan fingerprint density at radius 1 is 1.24 bits per heavy atom. The normalized spacial score (nSPS) is 14.7. The molecule has 0 aliphatic heterocycles. The van der Waals surface area contributed by atoms with Gasteiger partial charge in [0.25, 0.3) is 0 Å². The van der Waals surface area contributed by atoms with Crippen molar-refractivity contribution < 1.29 is 9.53 Å². The first-order chi connectivity index (χ1) is 9.99. The van der Waals surface area contributed by atoms with Gasteiger partial charge in [-0.05, 0) is 31.5 Å². The van der Waals surface area contributed by atoms with Gasteiger partial charge in [-0.15, -0.1) is 6.58 Å². The monoisotopic (exact) mass is 306 g/mol. The molecule has 0 saturated carbocycles. The summed E-state index contributed by atoms with van der Waals surface area (Å²) in [5.74, 6) is 0. The second-order valence-electron chi connectivity index (χ2n) is 6.20. The fraction of sp³-hybridized carbons (Fsp3) is 0.556. The fourth-order valence-corrected chi connectivity index (χ4v) is 3.86. The third-order valence-corrected chi connectivity index (χ3v) is 5.74. The molecule has 0 spiro atoms. The lowest BCUT2D eigenvalue weighted by atomic mass is 10.1.